The fourth-order valence-corrected chi connectivity index (χ4v) is 3.18. The standard InChI is InChI=1S/C13H17Br/c1-9-6-7-11(8-10(9)2)12-4-3-5-13(12)14/h6-8,12-13H,3-5H2,1-2H3. The number of rotatable bonds is 1. The molecule has 0 amide bonds. The number of alkyl halides is 1. The minimum absolute atomic E-state index is 0.699. The van der Waals surface area contributed by atoms with Gasteiger partial charge in [-0.05, 0) is 49.3 Å². The van der Waals surface area contributed by atoms with Crippen molar-refractivity contribution in [3.63, 3.8) is 0 Å². The maximum absolute atomic E-state index is 3.78. The number of hydrogen-bond acceptors (Lipinski definition) is 0. The van der Waals surface area contributed by atoms with Crippen molar-refractivity contribution in [1.29, 1.82) is 0 Å². The number of hydrogen-bond donors (Lipinski definition) is 0. The lowest BCUT2D eigenvalue weighted by Gasteiger charge is -2.15. The van der Waals surface area contributed by atoms with Crippen LogP contribution in [0, 0.1) is 13.8 Å². The summed E-state index contributed by atoms with van der Waals surface area (Å²) >= 11 is 3.78. The van der Waals surface area contributed by atoms with Gasteiger partial charge in [0, 0.05) is 4.83 Å². The predicted octanol–water partition coefficient (Wildman–Crippen LogP) is 4.33. The van der Waals surface area contributed by atoms with E-state index in [2.05, 4.69) is 48.0 Å². The van der Waals surface area contributed by atoms with E-state index in [1.807, 2.05) is 0 Å². The summed E-state index contributed by atoms with van der Waals surface area (Å²) in [6.45, 7) is 4.39. The van der Waals surface area contributed by atoms with E-state index in [-0.39, 0.29) is 0 Å². The summed E-state index contributed by atoms with van der Waals surface area (Å²) in [4.78, 5) is 0.699. The first-order valence-electron chi connectivity index (χ1n) is 5.39. The van der Waals surface area contributed by atoms with Gasteiger partial charge in [-0.15, -0.1) is 0 Å². The Bertz CT molecular complexity index is 330. The molecule has 1 fully saturated rings. The van der Waals surface area contributed by atoms with E-state index in [0.29, 0.717) is 4.83 Å². The third-order valence-corrected chi connectivity index (χ3v) is 4.49. The van der Waals surface area contributed by atoms with Crippen LogP contribution in [0.2, 0.25) is 0 Å². The second-order valence-electron chi connectivity index (χ2n) is 4.40. The Morgan fingerprint density at radius 2 is 1.93 bits per heavy atom. The Labute approximate surface area is 94.8 Å². The van der Waals surface area contributed by atoms with Crippen LogP contribution in [0.25, 0.3) is 0 Å². The SMILES string of the molecule is Cc1ccc(C2CCCC2Br)cc1C. The lowest BCUT2D eigenvalue weighted by atomic mass is 9.94. The molecule has 2 unspecified atom stereocenters. The van der Waals surface area contributed by atoms with E-state index >= 15 is 0 Å². The van der Waals surface area contributed by atoms with E-state index in [0.717, 1.165) is 5.92 Å². The minimum atomic E-state index is 0.699. The van der Waals surface area contributed by atoms with Crippen LogP contribution in [0.4, 0.5) is 0 Å². The molecular formula is C13H17Br. The van der Waals surface area contributed by atoms with E-state index in [1.54, 1.807) is 0 Å². The van der Waals surface area contributed by atoms with Gasteiger partial charge in [0.1, 0.15) is 0 Å². The topological polar surface area (TPSA) is 0 Å². The smallest absolute Gasteiger partial charge is 0.0214 e. The zero-order valence-corrected chi connectivity index (χ0v) is 10.5. The van der Waals surface area contributed by atoms with E-state index in [1.165, 1.54) is 36.0 Å². The highest BCUT2D eigenvalue weighted by Gasteiger charge is 2.26. The molecule has 1 aliphatic rings. The van der Waals surface area contributed by atoms with Crippen LogP contribution < -0.4 is 0 Å². The van der Waals surface area contributed by atoms with Gasteiger partial charge < -0.3 is 0 Å². The summed E-state index contributed by atoms with van der Waals surface area (Å²) < 4.78 is 0. The summed E-state index contributed by atoms with van der Waals surface area (Å²) in [5.41, 5.74) is 4.35. The molecule has 0 nitrogen and oxygen atoms in total. The molecule has 0 heterocycles. The Kier molecular flexibility index (Phi) is 2.96. The van der Waals surface area contributed by atoms with Gasteiger partial charge in [-0.2, -0.15) is 0 Å². The van der Waals surface area contributed by atoms with Gasteiger partial charge >= 0.3 is 0 Å². The third kappa shape index (κ3) is 1.88. The van der Waals surface area contributed by atoms with Gasteiger partial charge in [-0.25, -0.2) is 0 Å². The molecule has 2 atom stereocenters. The van der Waals surface area contributed by atoms with Crippen molar-refractivity contribution >= 4 is 15.9 Å². The van der Waals surface area contributed by atoms with E-state index in [9.17, 15) is 0 Å². The van der Waals surface area contributed by atoms with Crippen LogP contribution in [0.5, 0.6) is 0 Å². The van der Waals surface area contributed by atoms with Crippen molar-refractivity contribution in [1.82, 2.24) is 0 Å². The summed E-state index contributed by atoms with van der Waals surface area (Å²) in [6, 6.07) is 6.91. The van der Waals surface area contributed by atoms with Gasteiger partial charge in [0.25, 0.3) is 0 Å². The lowest BCUT2D eigenvalue weighted by molar-refractivity contribution is 0.741. The van der Waals surface area contributed by atoms with Gasteiger partial charge in [0.05, 0.1) is 0 Å². The van der Waals surface area contributed by atoms with Crippen molar-refractivity contribution in [2.45, 2.75) is 43.9 Å². The molecule has 1 aliphatic carbocycles. The minimum Gasteiger partial charge on any atom is -0.0884 e. The quantitative estimate of drug-likeness (QED) is 0.653. The van der Waals surface area contributed by atoms with Crippen LogP contribution in [-0.2, 0) is 0 Å². The first kappa shape index (κ1) is 10.2. The van der Waals surface area contributed by atoms with Crippen LogP contribution in [0.15, 0.2) is 18.2 Å². The molecule has 1 aromatic rings. The molecule has 0 N–H and O–H groups in total. The van der Waals surface area contributed by atoms with Gasteiger partial charge in [-0.3, -0.25) is 0 Å². The molecule has 0 bridgehead atoms. The highest BCUT2D eigenvalue weighted by atomic mass is 79.9. The highest BCUT2D eigenvalue weighted by molar-refractivity contribution is 9.09. The summed E-state index contributed by atoms with van der Waals surface area (Å²) in [5, 5.41) is 0. The molecule has 0 saturated heterocycles. The van der Waals surface area contributed by atoms with Crippen LogP contribution in [0.3, 0.4) is 0 Å². The Morgan fingerprint density at radius 3 is 2.50 bits per heavy atom. The second kappa shape index (κ2) is 4.06. The number of aryl methyl sites for hydroxylation is 2. The zero-order valence-electron chi connectivity index (χ0n) is 8.89. The molecule has 76 valence electrons. The van der Waals surface area contributed by atoms with Crippen molar-refractivity contribution in [2.75, 3.05) is 0 Å². The monoisotopic (exact) mass is 252 g/mol. The summed E-state index contributed by atoms with van der Waals surface area (Å²) in [7, 11) is 0. The summed E-state index contributed by atoms with van der Waals surface area (Å²) in [5.74, 6) is 0.745. The first-order chi connectivity index (χ1) is 6.68. The molecule has 0 aromatic heterocycles. The van der Waals surface area contributed by atoms with Crippen molar-refractivity contribution in [3.05, 3.63) is 34.9 Å². The Balaban J connectivity index is 2.28. The molecule has 2 rings (SSSR count). The maximum atomic E-state index is 3.78. The van der Waals surface area contributed by atoms with Crippen molar-refractivity contribution in [3.8, 4) is 0 Å². The van der Waals surface area contributed by atoms with Crippen LogP contribution in [0.1, 0.15) is 41.9 Å². The molecule has 14 heavy (non-hydrogen) atoms. The molecule has 1 aromatic carbocycles. The van der Waals surface area contributed by atoms with E-state index in [4.69, 9.17) is 0 Å². The summed E-state index contributed by atoms with van der Waals surface area (Å²) in [6.07, 6.45) is 4.05. The Morgan fingerprint density at radius 1 is 1.14 bits per heavy atom. The van der Waals surface area contributed by atoms with Gasteiger partial charge in [0.15, 0.2) is 0 Å². The molecule has 1 saturated carbocycles. The van der Waals surface area contributed by atoms with Crippen LogP contribution in [-0.4, -0.2) is 4.83 Å². The molecular weight excluding hydrogens is 236 g/mol. The first-order valence-corrected chi connectivity index (χ1v) is 6.31. The van der Waals surface area contributed by atoms with E-state index < -0.39 is 0 Å². The average molecular weight is 253 g/mol. The normalized spacial score (nSPS) is 26.8. The average Bonchev–Trinajstić information content (AvgIpc) is 2.57. The Hall–Kier alpha value is -0.300. The van der Waals surface area contributed by atoms with Gasteiger partial charge in [0.2, 0.25) is 0 Å². The number of halogens is 1. The molecule has 1 heteroatoms. The molecule has 0 spiro atoms. The molecule has 0 aliphatic heterocycles. The third-order valence-electron chi connectivity index (χ3n) is 3.39. The predicted molar refractivity (Wildman–Crippen MR) is 65.2 cm³/mol. The zero-order chi connectivity index (χ0) is 10.1. The number of benzene rings is 1. The maximum Gasteiger partial charge on any atom is 0.0214 e. The highest BCUT2D eigenvalue weighted by Crippen LogP contribution is 2.39. The fraction of sp³-hybridized carbons (Fsp3) is 0.538. The van der Waals surface area contributed by atoms with Crippen molar-refractivity contribution < 1.29 is 0 Å². The lowest BCUT2D eigenvalue weighted by Crippen LogP contribution is -2.04. The largest absolute Gasteiger partial charge is 0.0884 e. The molecule has 0 radical (unpaired) electrons. The second-order valence-corrected chi connectivity index (χ2v) is 5.57. The van der Waals surface area contributed by atoms with Gasteiger partial charge in [-0.1, -0.05) is 40.5 Å². The van der Waals surface area contributed by atoms with Crippen LogP contribution >= 0.6 is 15.9 Å². The van der Waals surface area contributed by atoms with Crippen molar-refractivity contribution in [2.24, 2.45) is 0 Å². The fourth-order valence-electron chi connectivity index (χ4n) is 2.29.